The first-order chi connectivity index (χ1) is 7.63. The number of hydrogen-bond donors (Lipinski definition) is 0. The molecular weight excluding hydrogens is 196 g/mol. The van der Waals surface area contributed by atoms with E-state index in [1.165, 1.54) is 11.1 Å². The van der Waals surface area contributed by atoms with Gasteiger partial charge in [-0.2, -0.15) is 0 Å². The van der Waals surface area contributed by atoms with Crippen LogP contribution in [0.4, 0.5) is 0 Å². The summed E-state index contributed by atoms with van der Waals surface area (Å²) < 4.78 is 0. The van der Waals surface area contributed by atoms with Crippen molar-refractivity contribution in [3.05, 3.63) is 35.5 Å². The van der Waals surface area contributed by atoms with Crippen molar-refractivity contribution in [2.24, 2.45) is 5.92 Å². The van der Waals surface area contributed by atoms with Gasteiger partial charge in [0.2, 0.25) is 0 Å². The number of carbonyl (C=O) groups is 1. The highest BCUT2D eigenvalue weighted by Gasteiger charge is 2.12. The number of carbonyl (C=O) groups excluding carboxylic acids is 1. The molecule has 0 heterocycles. The summed E-state index contributed by atoms with van der Waals surface area (Å²) in [7, 11) is 0. The number of aldehydes is 1. The minimum Gasteiger partial charge on any atom is -0.298 e. The molecule has 16 heavy (non-hydrogen) atoms. The molecule has 0 aromatic heterocycles. The minimum absolute atomic E-state index is 0.328. The van der Waals surface area contributed by atoms with E-state index >= 15 is 0 Å². The molecule has 0 bridgehead atoms. The fourth-order valence-corrected chi connectivity index (χ4v) is 2.05. The fraction of sp³-hybridized carbons (Fsp3) is 0.533. The van der Waals surface area contributed by atoms with Crippen LogP contribution in [0.15, 0.2) is 35.5 Å². The number of allylic oxidation sites excluding steroid dienone is 5. The molecule has 0 spiro atoms. The first kappa shape index (κ1) is 13.0. The lowest BCUT2D eigenvalue weighted by atomic mass is 9.89. The third-order valence-electron chi connectivity index (χ3n) is 3.35. The SMILES string of the molecule is C=C(C=O)[C@H]1C/C=C(/C)CC/C=C(/C)CC1. The van der Waals surface area contributed by atoms with Gasteiger partial charge in [0, 0.05) is 0 Å². The Morgan fingerprint density at radius 3 is 2.69 bits per heavy atom. The van der Waals surface area contributed by atoms with E-state index in [0.29, 0.717) is 5.92 Å². The van der Waals surface area contributed by atoms with Crippen LogP contribution in [-0.4, -0.2) is 6.29 Å². The predicted molar refractivity (Wildman–Crippen MR) is 69.3 cm³/mol. The van der Waals surface area contributed by atoms with Crippen LogP contribution in [-0.2, 0) is 4.79 Å². The van der Waals surface area contributed by atoms with Crippen molar-refractivity contribution in [2.45, 2.75) is 46.0 Å². The van der Waals surface area contributed by atoms with Gasteiger partial charge < -0.3 is 0 Å². The lowest BCUT2D eigenvalue weighted by Crippen LogP contribution is -2.05. The van der Waals surface area contributed by atoms with Gasteiger partial charge in [-0.1, -0.05) is 29.9 Å². The van der Waals surface area contributed by atoms with E-state index in [9.17, 15) is 4.79 Å². The molecule has 1 heteroatoms. The van der Waals surface area contributed by atoms with Gasteiger partial charge in [0.05, 0.1) is 0 Å². The first-order valence-electron chi connectivity index (χ1n) is 6.08. The Hall–Kier alpha value is -1.11. The highest BCUT2D eigenvalue weighted by Crippen LogP contribution is 2.24. The fourth-order valence-electron chi connectivity index (χ4n) is 2.05. The van der Waals surface area contributed by atoms with E-state index in [4.69, 9.17) is 0 Å². The quantitative estimate of drug-likeness (QED) is 0.385. The summed E-state index contributed by atoms with van der Waals surface area (Å²) in [5.41, 5.74) is 3.62. The number of rotatable bonds is 2. The van der Waals surface area contributed by atoms with Crippen LogP contribution >= 0.6 is 0 Å². The summed E-state index contributed by atoms with van der Waals surface area (Å²) in [6, 6.07) is 0. The maximum atomic E-state index is 10.8. The lowest BCUT2D eigenvalue weighted by Gasteiger charge is -2.16. The summed E-state index contributed by atoms with van der Waals surface area (Å²) in [5.74, 6) is 0.328. The summed E-state index contributed by atoms with van der Waals surface area (Å²) in [6.07, 6.45) is 10.9. The smallest absolute Gasteiger partial charge is 0.145 e. The van der Waals surface area contributed by atoms with E-state index in [0.717, 1.165) is 44.0 Å². The molecular formula is C15H22O. The molecule has 88 valence electrons. The van der Waals surface area contributed by atoms with Crippen LogP contribution in [0.1, 0.15) is 46.0 Å². The largest absolute Gasteiger partial charge is 0.298 e. The van der Waals surface area contributed by atoms with Crippen LogP contribution in [0, 0.1) is 5.92 Å². The Bertz CT molecular complexity index is 320. The zero-order valence-electron chi connectivity index (χ0n) is 10.5. The van der Waals surface area contributed by atoms with E-state index < -0.39 is 0 Å². The predicted octanol–water partition coefficient (Wildman–Crippen LogP) is 4.21. The van der Waals surface area contributed by atoms with Gasteiger partial charge in [-0.25, -0.2) is 0 Å². The second-order valence-electron chi connectivity index (χ2n) is 4.80. The zero-order valence-corrected chi connectivity index (χ0v) is 10.5. The standard InChI is InChI=1S/C15H22O/c1-12-5-4-6-13(2)8-10-15(9-7-12)14(3)11-16/h5,8,11,15H,3-4,6-7,9-10H2,1-2H3/b12-5-,13-8-/t15-/m1/s1. The molecule has 0 saturated carbocycles. The van der Waals surface area contributed by atoms with Crippen LogP contribution in [0.25, 0.3) is 0 Å². The van der Waals surface area contributed by atoms with Crippen LogP contribution < -0.4 is 0 Å². The maximum absolute atomic E-state index is 10.8. The zero-order chi connectivity index (χ0) is 12.0. The van der Waals surface area contributed by atoms with E-state index in [1.807, 2.05) is 0 Å². The molecule has 1 atom stereocenters. The molecule has 0 radical (unpaired) electrons. The maximum Gasteiger partial charge on any atom is 0.145 e. The van der Waals surface area contributed by atoms with Crippen molar-refractivity contribution in [3.8, 4) is 0 Å². The van der Waals surface area contributed by atoms with E-state index in [1.54, 1.807) is 0 Å². The highest BCUT2D eigenvalue weighted by atomic mass is 16.1. The summed E-state index contributed by atoms with van der Waals surface area (Å²) in [6.45, 7) is 8.21. The van der Waals surface area contributed by atoms with Crippen LogP contribution in [0.2, 0.25) is 0 Å². The van der Waals surface area contributed by atoms with Gasteiger partial charge in [-0.05, 0) is 57.4 Å². The monoisotopic (exact) mass is 218 g/mol. The van der Waals surface area contributed by atoms with Gasteiger partial charge in [0.15, 0.2) is 0 Å². The lowest BCUT2D eigenvalue weighted by molar-refractivity contribution is -0.105. The molecule has 0 aromatic rings. The molecule has 1 nitrogen and oxygen atoms in total. The second kappa shape index (κ2) is 6.47. The minimum atomic E-state index is 0.328. The Morgan fingerprint density at radius 2 is 2.00 bits per heavy atom. The van der Waals surface area contributed by atoms with Crippen molar-refractivity contribution in [3.63, 3.8) is 0 Å². The molecule has 0 unspecified atom stereocenters. The van der Waals surface area contributed by atoms with Gasteiger partial charge in [0.1, 0.15) is 6.29 Å². The molecule has 0 saturated heterocycles. The summed E-state index contributed by atoms with van der Waals surface area (Å²) in [4.78, 5) is 10.8. The van der Waals surface area contributed by atoms with Crippen molar-refractivity contribution in [1.82, 2.24) is 0 Å². The molecule has 0 amide bonds. The molecule has 1 aliphatic carbocycles. The molecule has 0 aromatic carbocycles. The first-order valence-corrected chi connectivity index (χ1v) is 6.08. The average Bonchev–Trinajstić information content (AvgIpc) is 2.28. The molecule has 1 aliphatic rings. The van der Waals surface area contributed by atoms with Crippen LogP contribution in [0.3, 0.4) is 0 Å². The second-order valence-corrected chi connectivity index (χ2v) is 4.80. The van der Waals surface area contributed by atoms with Crippen LogP contribution in [0.5, 0.6) is 0 Å². The van der Waals surface area contributed by atoms with Gasteiger partial charge in [-0.3, -0.25) is 4.79 Å². The van der Waals surface area contributed by atoms with Crippen molar-refractivity contribution in [2.75, 3.05) is 0 Å². The topological polar surface area (TPSA) is 17.1 Å². The van der Waals surface area contributed by atoms with Crippen molar-refractivity contribution in [1.29, 1.82) is 0 Å². The molecule has 1 rings (SSSR count). The summed E-state index contributed by atoms with van der Waals surface area (Å²) in [5, 5.41) is 0. The Morgan fingerprint density at radius 1 is 1.31 bits per heavy atom. The van der Waals surface area contributed by atoms with Crippen molar-refractivity contribution >= 4 is 6.29 Å². The third-order valence-corrected chi connectivity index (χ3v) is 3.35. The number of hydrogen-bond acceptors (Lipinski definition) is 1. The summed E-state index contributed by atoms with van der Waals surface area (Å²) >= 11 is 0. The Kier molecular flexibility index (Phi) is 5.24. The molecule has 0 N–H and O–H groups in total. The van der Waals surface area contributed by atoms with Gasteiger partial charge in [0.25, 0.3) is 0 Å². The average molecular weight is 218 g/mol. The third kappa shape index (κ3) is 4.18. The normalized spacial score (nSPS) is 29.5. The van der Waals surface area contributed by atoms with E-state index in [-0.39, 0.29) is 0 Å². The van der Waals surface area contributed by atoms with Gasteiger partial charge in [-0.15, -0.1) is 0 Å². The van der Waals surface area contributed by atoms with Gasteiger partial charge >= 0.3 is 0 Å². The Balaban J connectivity index is 2.74. The van der Waals surface area contributed by atoms with E-state index in [2.05, 4.69) is 32.6 Å². The molecule has 0 aliphatic heterocycles. The Labute approximate surface area is 98.9 Å². The van der Waals surface area contributed by atoms with Crippen molar-refractivity contribution < 1.29 is 4.79 Å². The highest BCUT2D eigenvalue weighted by molar-refractivity contribution is 5.72. The molecule has 0 fully saturated rings.